The molecule has 0 unspecified atom stereocenters. The van der Waals surface area contributed by atoms with E-state index in [1.54, 1.807) is 17.0 Å². The Kier molecular flexibility index (Phi) is 8.33. The number of aliphatic hydroxyl groups is 1. The molecule has 39 heavy (non-hydrogen) atoms. The Labute approximate surface area is 234 Å². The summed E-state index contributed by atoms with van der Waals surface area (Å²) < 4.78 is 27.1. The van der Waals surface area contributed by atoms with Crippen LogP contribution in [0.25, 0.3) is 0 Å². The Morgan fingerprint density at radius 3 is 2.21 bits per heavy atom. The molecule has 2 aliphatic carbocycles. The van der Waals surface area contributed by atoms with Gasteiger partial charge in [0, 0.05) is 55.7 Å². The van der Waals surface area contributed by atoms with Gasteiger partial charge in [-0.1, -0.05) is 12.8 Å². The van der Waals surface area contributed by atoms with Crippen molar-refractivity contribution in [1.82, 2.24) is 9.97 Å². The van der Waals surface area contributed by atoms with Crippen LogP contribution in [0.5, 0.6) is 0 Å². The molecule has 0 atom stereocenters. The number of aromatic nitrogens is 2. The van der Waals surface area contributed by atoms with Gasteiger partial charge < -0.3 is 20.2 Å². The minimum absolute atomic E-state index is 0.0463. The van der Waals surface area contributed by atoms with Crippen LogP contribution < -0.4 is 15.1 Å². The lowest BCUT2D eigenvalue weighted by Crippen LogP contribution is -2.40. The van der Waals surface area contributed by atoms with Crippen LogP contribution in [-0.2, 0) is 0 Å². The molecule has 0 bridgehead atoms. The van der Waals surface area contributed by atoms with Gasteiger partial charge in [-0.05, 0) is 69.1 Å². The lowest BCUT2D eigenvalue weighted by atomic mass is 9.93. The fourth-order valence-corrected chi connectivity index (χ4v) is 5.95. The second kappa shape index (κ2) is 11.6. The van der Waals surface area contributed by atoms with Crippen LogP contribution in [0.15, 0.2) is 29.2 Å². The van der Waals surface area contributed by atoms with E-state index in [4.69, 9.17) is 5.11 Å². The van der Waals surface area contributed by atoms with E-state index in [1.807, 2.05) is 19.1 Å². The van der Waals surface area contributed by atoms with Gasteiger partial charge in [0.25, 0.3) is 11.8 Å². The van der Waals surface area contributed by atoms with Crippen molar-refractivity contribution < 1.29 is 18.7 Å². The van der Waals surface area contributed by atoms with Crippen LogP contribution in [0.1, 0.15) is 80.3 Å². The molecule has 0 radical (unpaired) electrons. The number of hydrogen-bond donors (Lipinski definition) is 3. The number of anilines is 3. The Balaban J connectivity index is 0.000000455. The summed E-state index contributed by atoms with van der Waals surface area (Å²) in [5, 5.41) is 11.6. The third kappa shape index (κ3) is 7.20. The van der Waals surface area contributed by atoms with E-state index in [-0.39, 0.29) is 37.9 Å². The number of carbonyl (C=O) groups excluding carboxylic acids is 1. The number of rotatable bonds is 4. The molecule has 2 aromatic rings. The molecule has 4 fully saturated rings. The van der Waals surface area contributed by atoms with Crippen molar-refractivity contribution in [2.75, 3.05) is 41.3 Å². The number of aliphatic hydroxyl groups excluding tert-OH is 1. The molecule has 7 nitrogen and oxygen atoms in total. The number of alkyl halides is 2. The van der Waals surface area contributed by atoms with Crippen LogP contribution in [0.4, 0.5) is 26.2 Å². The summed E-state index contributed by atoms with van der Waals surface area (Å²) in [6.45, 7) is 4.06. The summed E-state index contributed by atoms with van der Waals surface area (Å²) >= 11 is 4.49. The van der Waals surface area contributed by atoms with Crippen molar-refractivity contribution in [2.24, 2.45) is 5.41 Å². The number of benzene rings is 1. The van der Waals surface area contributed by atoms with E-state index in [0.717, 1.165) is 49.4 Å². The normalized spacial score (nSPS) is 21.9. The monoisotopic (exact) mass is 559 g/mol. The summed E-state index contributed by atoms with van der Waals surface area (Å²) in [5.74, 6) is -2.14. The molecule has 1 aromatic heterocycles. The molecule has 2 saturated carbocycles. The lowest BCUT2D eigenvalue weighted by molar-refractivity contribution is -0.0222. The molecule has 1 spiro atoms. The first kappa shape index (κ1) is 28.1. The molecule has 2 saturated heterocycles. The maximum Gasteiger partial charge on any atom is 0.258 e. The zero-order chi connectivity index (χ0) is 27.6. The fourth-order valence-electron chi connectivity index (χ4n) is 5.75. The van der Waals surface area contributed by atoms with Gasteiger partial charge in [0.05, 0.1) is 17.4 Å². The number of halogens is 2. The Hall–Kier alpha value is -2.46. The summed E-state index contributed by atoms with van der Waals surface area (Å²) in [6, 6.07) is 7.27. The fraction of sp³-hybridized carbons (Fsp3) is 0.621. The largest absolute Gasteiger partial charge is 0.393 e. The third-order valence-electron chi connectivity index (χ3n) is 8.53. The Morgan fingerprint density at radius 2 is 1.62 bits per heavy atom. The predicted octanol–water partition coefficient (Wildman–Crippen LogP) is 5.86. The lowest BCUT2D eigenvalue weighted by Gasteiger charge is -2.35. The maximum absolute atomic E-state index is 13.5. The van der Waals surface area contributed by atoms with Gasteiger partial charge in [0.1, 0.15) is 5.82 Å². The van der Waals surface area contributed by atoms with Crippen molar-refractivity contribution in [3.05, 3.63) is 35.5 Å². The smallest absolute Gasteiger partial charge is 0.258 e. The van der Waals surface area contributed by atoms with Crippen LogP contribution in [0.3, 0.4) is 0 Å². The maximum atomic E-state index is 13.5. The molecular formula is C29H39F2N5O2S. The summed E-state index contributed by atoms with van der Waals surface area (Å²) in [5.41, 5.74) is 2.68. The Morgan fingerprint density at radius 1 is 0.974 bits per heavy atom. The van der Waals surface area contributed by atoms with E-state index in [0.29, 0.717) is 28.4 Å². The molecule has 6 rings (SSSR count). The molecule has 1 aromatic carbocycles. The van der Waals surface area contributed by atoms with Gasteiger partial charge in [-0.3, -0.25) is 4.79 Å². The van der Waals surface area contributed by atoms with E-state index >= 15 is 0 Å². The average Bonchev–Trinajstić information content (AvgIpc) is 3.47. The topological polar surface area (TPSA) is 81.6 Å². The number of hydrogen-bond acceptors (Lipinski definition) is 7. The first-order valence-electron chi connectivity index (χ1n) is 14.2. The molecule has 212 valence electrons. The zero-order valence-corrected chi connectivity index (χ0v) is 23.5. The second-order valence-corrected chi connectivity index (χ2v) is 12.1. The van der Waals surface area contributed by atoms with Crippen LogP contribution >= 0.6 is 12.6 Å². The molecular weight excluding hydrogens is 520 g/mol. The van der Waals surface area contributed by atoms with Crippen molar-refractivity contribution in [3.8, 4) is 0 Å². The molecule has 2 aliphatic heterocycles. The average molecular weight is 560 g/mol. The summed E-state index contributed by atoms with van der Waals surface area (Å²) in [7, 11) is 0. The Bertz CT molecular complexity index is 1170. The van der Waals surface area contributed by atoms with Crippen LogP contribution in [0, 0.1) is 12.3 Å². The summed E-state index contributed by atoms with van der Waals surface area (Å²) in [6.07, 6.45) is 9.14. The van der Waals surface area contributed by atoms with E-state index in [2.05, 4.69) is 32.8 Å². The molecule has 2 N–H and O–H groups in total. The molecule has 4 aliphatic rings. The van der Waals surface area contributed by atoms with Crippen molar-refractivity contribution in [3.63, 3.8) is 0 Å². The molecule has 10 heteroatoms. The van der Waals surface area contributed by atoms with Gasteiger partial charge in [0.2, 0.25) is 5.95 Å². The van der Waals surface area contributed by atoms with Gasteiger partial charge in [-0.2, -0.15) is 4.98 Å². The predicted molar refractivity (Wildman–Crippen MR) is 152 cm³/mol. The second-order valence-electron chi connectivity index (χ2n) is 11.6. The highest BCUT2D eigenvalue weighted by Crippen LogP contribution is 2.54. The highest BCUT2D eigenvalue weighted by Gasteiger charge is 2.44. The zero-order valence-electron chi connectivity index (χ0n) is 22.6. The van der Waals surface area contributed by atoms with Gasteiger partial charge in [-0.25, -0.2) is 13.8 Å². The summed E-state index contributed by atoms with van der Waals surface area (Å²) in [4.78, 5) is 27.0. The van der Waals surface area contributed by atoms with Crippen LogP contribution in [-0.4, -0.2) is 59.2 Å². The number of nitrogens with zero attached hydrogens (tertiary/aromatic N) is 4. The highest BCUT2D eigenvalue weighted by atomic mass is 32.1. The minimum Gasteiger partial charge on any atom is -0.393 e. The number of amides is 1. The van der Waals surface area contributed by atoms with Crippen molar-refractivity contribution in [2.45, 2.75) is 88.1 Å². The van der Waals surface area contributed by atoms with Gasteiger partial charge >= 0.3 is 0 Å². The van der Waals surface area contributed by atoms with Gasteiger partial charge in [0.15, 0.2) is 0 Å². The number of thiol groups is 1. The third-order valence-corrected chi connectivity index (χ3v) is 8.81. The van der Waals surface area contributed by atoms with E-state index in [1.165, 1.54) is 25.7 Å². The van der Waals surface area contributed by atoms with E-state index in [9.17, 15) is 13.6 Å². The number of nitrogens with one attached hydrogen (secondary N) is 1. The highest BCUT2D eigenvalue weighted by molar-refractivity contribution is 7.80. The molecule has 1 amide bonds. The van der Waals surface area contributed by atoms with Gasteiger partial charge in [-0.15, -0.1) is 12.6 Å². The SMILES string of the molecule is Cc1cc(NC(=O)c2ccc(S)cc2N2CCC3(CC2)CC3)nc(N2CCC(F)(F)CC2)n1.OC1CCCC1. The standard InChI is InChI=1S/C24H29F2N5OS.C5H10O/c1-16-14-20(29-22(27-16)31-12-8-24(25,26)9-13-31)28-21(32)18-3-2-17(33)15-19(18)30-10-6-23(4-5-23)7-11-30;6-5-3-1-2-4-5/h2-3,14-15,33H,4-13H2,1H3,(H,27,28,29,32);5-6H,1-4H2. The number of carbonyl (C=O) groups is 1. The van der Waals surface area contributed by atoms with Crippen molar-refractivity contribution >= 4 is 36.0 Å². The van der Waals surface area contributed by atoms with Crippen molar-refractivity contribution in [1.29, 1.82) is 0 Å². The minimum atomic E-state index is -2.64. The first-order valence-corrected chi connectivity index (χ1v) is 14.6. The first-order chi connectivity index (χ1) is 18.6. The van der Waals surface area contributed by atoms with E-state index < -0.39 is 5.92 Å². The molecule has 3 heterocycles. The van der Waals surface area contributed by atoms with Crippen LogP contribution in [0.2, 0.25) is 0 Å². The quantitative estimate of drug-likeness (QED) is 0.407. The number of aryl methyl sites for hydroxylation is 1. The number of piperidine rings is 2.